The molecule has 2 N–H and O–H groups in total. The van der Waals surface area contributed by atoms with Crippen molar-refractivity contribution in [2.24, 2.45) is 5.41 Å². The molecule has 0 atom stereocenters. The maximum atomic E-state index is 6.11. The van der Waals surface area contributed by atoms with Crippen LogP contribution >= 0.6 is 0 Å². The minimum absolute atomic E-state index is 0.252. The van der Waals surface area contributed by atoms with Crippen LogP contribution in [0.3, 0.4) is 0 Å². The lowest BCUT2D eigenvalue weighted by molar-refractivity contribution is 0.0962. The van der Waals surface area contributed by atoms with Crippen LogP contribution in [0.4, 0.5) is 5.69 Å². The summed E-state index contributed by atoms with van der Waals surface area (Å²) in [5.74, 6) is 0.659. The Bertz CT molecular complexity index is 615. The molecule has 4 nitrogen and oxygen atoms in total. The minimum atomic E-state index is 0.252. The van der Waals surface area contributed by atoms with Gasteiger partial charge in [0.15, 0.2) is 0 Å². The number of para-hydroxylation sites is 1. The zero-order valence-electron chi connectivity index (χ0n) is 14.1. The van der Waals surface area contributed by atoms with E-state index in [-0.39, 0.29) is 6.10 Å². The molecule has 0 bridgehead atoms. The molecule has 1 aliphatic rings. The third-order valence-corrected chi connectivity index (χ3v) is 4.22. The highest BCUT2D eigenvalue weighted by atomic mass is 16.5. The Morgan fingerprint density at radius 3 is 2.50 bits per heavy atom. The third kappa shape index (κ3) is 3.67. The Labute approximate surface area is 133 Å². The molecule has 1 aromatic carbocycles. The highest BCUT2D eigenvalue weighted by molar-refractivity contribution is 5.92. The van der Waals surface area contributed by atoms with Crippen molar-refractivity contribution in [3.8, 4) is 5.88 Å². The number of hydrogen-bond acceptors (Lipinski definition) is 4. The number of aromatic nitrogens is 2. The molecule has 3 rings (SSSR count). The van der Waals surface area contributed by atoms with Crippen LogP contribution < -0.4 is 10.5 Å². The predicted molar refractivity (Wildman–Crippen MR) is 92.0 cm³/mol. The van der Waals surface area contributed by atoms with E-state index in [4.69, 9.17) is 10.5 Å². The molecule has 0 unspecified atom stereocenters. The maximum Gasteiger partial charge on any atom is 0.224 e. The molecule has 120 valence electrons. The van der Waals surface area contributed by atoms with Crippen molar-refractivity contribution in [1.82, 2.24) is 9.97 Å². The fourth-order valence-corrected chi connectivity index (χ4v) is 2.83. The fraction of sp³-hybridized carbons (Fsp3) is 0.556. The Morgan fingerprint density at radius 1 is 1.14 bits per heavy atom. The van der Waals surface area contributed by atoms with Crippen molar-refractivity contribution in [2.45, 2.75) is 59.5 Å². The van der Waals surface area contributed by atoms with Gasteiger partial charge in [-0.05, 0) is 43.2 Å². The highest BCUT2D eigenvalue weighted by Crippen LogP contribution is 2.37. The summed E-state index contributed by atoms with van der Waals surface area (Å²) in [6.07, 6.45) is 6.34. The summed E-state index contributed by atoms with van der Waals surface area (Å²) in [5.41, 5.74) is 7.83. The second kappa shape index (κ2) is 6.95. The number of nitrogens with zero attached hydrogens (tertiary/aromatic N) is 2. The highest BCUT2D eigenvalue weighted by Gasteiger charge is 2.28. The van der Waals surface area contributed by atoms with Crippen molar-refractivity contribution in [2.75, 3.05) is 5.73 Å². The van der Waals surface area contributed by atoms with E-state index in [1.165, 1.54) is 19.2 Å². The third-order valence-electron chi connectivity index (χ3n) is 4.22. The van der Waals surface area contributed by atoms with Gasteiger partial charge in [0.25, 0.3) is 0 Å². The summed E-state index contributed by atoms with van der Waals surface area (Å²) >= 11 is 0. The molecule has 1 fully saturated rings. The molecular formula is C18H27N3O. The smallest absolute Gasteiger partial charge is 0.224 e. The van der Waals surface area contributed by atoms with Gasteiger partial charge in [0, 0.05) is 0 Å². The summed E-state index contributed by atoms with van der Waals surface area (Å²) in [4.78, 5) is 8.53. The van der Waals surface area contributed by atoms with E-state index in [1.54, 1.807) is 0 Å². The molecule has 0 amide bonds. The van der Waals surface area contributed by atoms with Gasteiger partial charge in [0.1, 0.15) is 17.9 Å². The van der Waals surface area contributed by atoms with Gasteiger partial charge in [-0.1, -0.05) is 33.8 Å². The molecule has 1 aromatic heterocycles. The monoisotopic (exact) mass is 301 g/mol. The average Bonchev–Trinajstić information content (AvgIpc) is 2.52. The Morgan fingerprint density at radius 2 is 1.82 bits per heavy atom. The SMILES string of the molecule is CC.CC1(C)CCC(Oc2ncnc3c(N)cccc23)CC1. The lowest BCUT2D eigenvalue weighted by atomic mass is 9.76. The number of benzene rings is 1. The van der Waals surface area contributed by atoms with Crippen LogP contribution in [-0.4, -0.2) is 16.1 Å². The first-order valence-corrected chi connectivity index (χ1v) is 8.21. The van der Waals surface area contributed by atoms with Crippen LogP contribution in [0, 0.1) is 5.41 Å². The second-order valence-electron chi connectivity index (χ2n) is 6.40. The number of rotatable bonds is 2. The van der Waals surface area contributed by atoms with Gasteiger partial charge >= 0.3 is 0 Å². The molecule has 22 heavy (non-hydrogen) atoms. The van der Waals surface area contributed by atoms with Gasteiger partial charge in [-0.25, -0.2) is 9.97 Å². The van der Waals surface area contributed by atoms with Crippen molar-refractivity contribution < 1.29 is 4.74 Å². The summed E-state index contributed by atoms with van der Waals surface area (Å²) in [7, 11) is 0. The van der Waals surface area contributed by atoms with E-state index in [0.717, 1.165) is 23.7 Å². The first kappa shape index (κ1) is 16.5. The van der Waals surface area contributed by atoms with E-state index >= 15 is 0 Å². The summed E-state index contributed by atoms with van der Waals surface area (Å²) < 4.78 is 6.11. The van der Waals surface area contributed by atoms with Gasteiger partial charge in [-0.3, -0.25) is 0 Å². The molecule has 0 aliphatic heterocycles. The van der Waals surface area contributed by atoms with Gasteiger partial charge in [0.05, 0.1) is 11.1 Å². The molecular weight excluding hydrogens is 274 g/mol. The molecule has 0 radical (unpaired) electrons. The van der Waals surface area contributed by atoms with Crippen LogP contribution in [0.1, 0.15) is 53.4 Å². The minimum Gasteiger partial charge on any atom is -0.474 e. The average molecular weight is 301 g/mol. The molecule has 1 saturated carbocycles. The summed E-state index contributed by atoms with van der Waals surface area (Å²) in [6.45, 7) is 8.65. The van der Waals surface area contributed by atoms with Crippen LogP contribution in [0.5, 0.6) is 5.88 Å². The largest absolute Gasteiger partial charge is 0.474 e. The van der Waals surface area contributed by atoms with E-state index in [0.29, 0.717) is 17.0 Å². The Balaban J connectivity index is 0.000000847. The molecule has 1 aliphatic carbocycles. The number of nitrogens with two attached hydrogens (primary N) is 1. The lowest BCUT2D eigenvalue weighted by Gasteiger charge is -2.34. The quantitative estimate of drug-likeness (QED) is 0.824. The summed E-state index contributed by atoms with van der Waals surface area (Å²) in [5, 5.41) is 0.900. The molecule has 0 spiro atoms. The lowest BCUT2D eigenvalue weighted by Crippen LogP contribution is -2.28. The normalized spacial score (nSPS) is 17.6. The number of ether oxygens (including phenoxy) is 1. The van der Waals surface area contributed by atoms with E-state index in [9.17, 15) is 0 Å². The van der Waals surface area contributed by atoms with Crippen LogP contribution in [0.25, 0.3) is 10.9 Å². The topological polar surface area (TPSA) is 61.0 Å². The van der Waals surface area contributed by atoms with E-state index in [2.05, 4.69) is 23.8 Å². The molecule has 2 aromatic rings. The van der Waals surface area contributed by atoms with Gasteiger partial charge < -0.3 is 10.5 Å². The zero-order chi connectivity index (χ0) is 16.2. The Kier molecular flexibility index (Phi) is 5.22. The first-order chi connectivity index (χ1) is 10.6. The number of nitrogen functional groups attached to an aromatic ring is 1. The predicted octanol–water partition coefficient (Wildman–Crippen LogP) is 4.59. The van der Waals surface area contributed by atoms with Crippen molar-refractivity contribution in [3.63, 3.8) is 0 Å². The van der Waals surface area contributed by atoms with Crippen LogP contribution in [-0.2, 0) is 0 Å². The van der Waals surface area contributed by atoms with Crippen molar-refractivity contribution >= 4 is 16.6 Å². The van der Waals surface area contributed by atoms with Gasteiger partial charge in [-0.2, -0.15) is 0 Å². The van der Waals surface area contributed by atoms with Crippen molar-refractivity contribution in [3.05, 3.63) is 24.5 Å². The van der Waals surface area contributed by atoms with Gasteiger partial charge in [-0.15, -0.1) is 0 Å². The number of fused-ring (bicyclic) bond motifs is 1. The number of hydrogen-bond donors (Lipinski definition) is 1. The van der Waals surface area contributed by atoms with Crippen molar-refractivity contribution in [1.29, 1.82) is 0 Å². The molecule has 4 heteroatoms. The van der Waals surface area contributed by atoms with E-state index < -0.39 is 0 Å². The van der Waals surface area contributed by atoms with Crippen LogP contribution in [0.2, 0.25) is 0 Å². The standard InChI is InChI=1S/C16H21N3O.C2H6/c1-16(2)8-6-11(7-9-16)20-15-12-4-3-5-13(17)14(12)18-10-19-15;1-2/h3-5,10-11H,6-9,17H2,1-2H3;1-2H3. The Hall–Kier alpha value is -1.84. The van der Waals surface area contributed by atoms with Crippen LogP contribution in [0.15, 0.2) is 24.5 Å². The van der Waals surface area contributed by atoms with Gasteiger partial charge in [0.2, 0.25) is 5.88 Å². The zero-order valence-corrected chi connectivity index (χ0v) is 14.1. The molecule has 0 saturated heterocycles. The second-order valence-corrected chi connectivity index (χ2v) is 6.40. The summed E-state index contributed by atoms with van der Waals surface area (Å²) in [6, 6.07) is 5.73. The first-order valence-electron chi connectivity index (χ1n) is 8.21. The molecule has 1 heterocycles. The van der Waals surface area contributed by atoms with E-state index in [1.807, 2.05) is 32.0 Å². The maximum absolute atomic E-state index is 6.11. The fourth-order valence-electron chi connectivity index (χ4n) is 2.83. The number of anilines is 1.